The minimum Gasteiger partial charge on any atom is -0.327 e. The Labute approximate surface area is 131 Å². The summed E-state index contributed by atoms with van der Waals surface area (Å²) in [5.74, 6) is 0.351. The highest BCUT2D eigenvalue weighted by atomic mass is 15.4. The van der Waals surface area contributed by atoms with Gasteiger partial charge in [0.2, 0.25) is 0 Å². The SMILES string of the molecule is Cn1c2ccccc2c2nnc(N/N=C/c3cccnc3)nc21. The number of pyridine rings is 1. The highest BCUT2D eigenvalue weighted by Crippen LogP contribution is 2.24. The molecule has 112 valence electrons. The summed E-state index contributed by atoms with van der Waals surface area (Å²) in [4.78, 5) is 8.51. The van der Waals surface area contributed by atoms with Gasteiger partial charge in [0.15, 0.2) is 5.65 Å². The number of aromatic nitrogens is 5. The Morgan fingerprint density at radius 1 is 1.13 bits per heavy atom. The summed E-state index contributed by atoms with van der Waals surface area (Å²) in [5, 5.41) is 13.5. The first-order chi connectivity index (χ1) is 11.3. The van der Waals surface area contributed by atoms with Crippen LogP contribution in [0.2, 0.25) is 0 Å². The van der Waals surface area contributed by atoms with Crippen LogP contribution < -0.4 is 5.43 Å². The Hall–Kier alpha value is -3.35. The topological polar surface area (TPSA) is 80.9 Å². The molecule has 23 heavy (non-hydrogen) atoms. The van der Waals surface area contributed by atoms with Gasteiger partial charge in [0.25, 0.3) is 5.95 Å². The van der Waals surface area contributed by atoms with Crippen molar-refractivity contribution < 1.29 is 0 Å². The summed E-state index contributed by atoms with van der Waals surface area (Å²) in [6.45, 7) is 0. The average Bonchev–Trinajstić information content (AvgIpc) is 2.89. The van der Waals surface area contributed by atoms with E-state index in [4.69, 9.17) is 0 Å². The Bertz CT molecular complexity index is 1000. The summed E-state index contributed by atoms with van der Waals surface area (Å²) in [5.41, 5.74) is 6.30. The third-order valence-electron chi connectivity index (χ3n) is 3.57. The van der Waals surface area contributed by atoms with Crippen molar-refractivity contribution in [3.8, 4) is 0 Å². The second kappa shape index (κ2) is 5.45. The van der Waals surface area contributed by atoms with Crippen molar-refractivity contribution in [1.82, 2.24) is 24.7 Å². The molecule has 0 unspecified atom stereocenters. The normalized spacial score (nSPS) is 11.5. The number of aryl methyl sites for hydroxylation is 1. The number of para-hydroxylation sites is 1. The van der Waals surface area contributed by atoms with Gasteiger partial charge < -0.3 is 4.57 Å². The molecule has 0 saturated heterocycles. The Balaban J connectivity index is 1.68. The molecule has 3 heterocycles. The molecular formula is C16H13N7. The molecule has 3 aromatic heterocycles. The number of rotatable bonds is 3. The van der Waals surface area contributed by atoms with E-state index in [1.165, 1.54) is 0 Å². The van der Waals surface area contributed by atoms with Crippen molar-refractivity contribution in [3.63, 3.8) is 0 Å². The molecule has 4 aromatic rings. The minimum absolute atomic E-state index is 0.351. The van der Waals surface area contributed by atoms with Gasteiger partial charge in [-0.3, -0.25) is 4.98 Å². The zero-order valence-electron chi connectivity index (χ0n) is 12.4. The van der Waals surface area contributed by atoms with Gasteiger partial charge in [0, 0.05) is 30.4 Å². The lowest BCUT2D eigenvalue weighted by Crippen LogP contribution is -2.00. The molecule has 7 heteroatoms. The molecule has 7 nitrogen and oxygen atoms in total. The molecule has 0 atom stereocenters. The van der Waals surface area contributed by atoms with E-state index in [-0.39, 0.29) is 0 Å². The highest BCUT2D eigenvalue weighted by Gasteiger charge is 2.11. The minimum atomic E-state index is 0.351. The Kier molecular flexibility index (Phi) is 3.16. The largest absolute Gasteiger partial charge is 0.327 e. The van der Waals surface area contributed by atoms with E-state index < -0.39 is 0 Å². The standard InChI is InChI=1S/C16H13N7/c1-23-13-7-3-2-6-12(13)14-15(23)19-16(22-20-14)21-18-10-11-5-4-8-17-9-11/h2-10H,1H3,(H,19,21,22)/b18-10+. The quantitative estimate of drug-likeness (QED) is 0.464. The lowest BCUT2D eigenvalue weighted by atomic mass is 10.2. The molecule has 0 bridgehead atoms. The number of nitrogens with zero attached hydrogens (tertiary/aromatic N) is 6. The van der Waals surface area contributed by atoms with Gasteiger partial charge in [-0.1, -0.05) is 24.3 Å². The first-order valence-corrected chi connectivity index (χ1v) is 7.10. The number of hydrogen-bond acceptors (Lipinski definition) is 6. The highest BCUT2D eigenvalue weighted by molar-refractivity contribution is 6.04. The second-order valence-corrected chi connectivity index (χ2v) is 5.04. The van der Waals surface area contributed by atoms with Crippen LogP contribution in [0.5, 0.6) is 0 Å². The van der Waals surface area contributed by atoms with Crippen LogP contribution in [0.25, 0.3) is 22.1 Å². The van der Waals surface area contributed by atoms with E-state index in [2.05, 4.69) is 30.7 Å². The molecule has 0 spiro atoms. The maximum atomic E-state index is 4.49. The average molecular weight is 303 g/mol. The maximum Gasteiger partial charge on any atom is 0.265 e. The number of anilines is 1. The van der Waals surface area contributed by atoms with E-state index in [0.29, 0.717) is 5.95 Å². The monoisotopic (exact) mass is 303 g/mol. The molecule has 4 rings (SSSR count). The van der Waals surface area contributed by atoms with Crippen molar-refractivity contribution in [2.24, 2.45) is 12.1 Å². The number of fused-ring (bicyclic) bond motifs is 3. The molecule has 1 N–H and O–H groups in total. The lowest BCUT2D eigenvalue weighted by molar-refractivity contribution is 0.949. The zero-order valence-corrected chi connectivity index (χ0v) is 12.4. The van der Waals surface area contributed by atoms with Crippen LogP contribution in [0.1, 0.15) is 5.56 Å². The zero-order chi connectivity index (χ0) is 15.6. The fraction of sp³-hybridized carbons (Fsp3) is 0.0625. The van der Waals surface area contributed by atoms with Crippen LogP contribution in [0, 0.1) is 0 Å². The van der Waals surface area contributed by atoms with Gasteiger partial charge in [-0.2, -0.15) is 10.1 Å². The third-order valence-corrected chi connectivity index (χ3v) is 3.57. The summed E-state index contributed by atoms with van der Waals surface area (Å²) < 4.78 is 2.00. The lowest BCUT2D eigenvalue weighted by Gasteiger charge is -1.99. The van der Waals surface area contributed by atoms with Gasteiger partial charge in [-0.15, -0.1) is 10.2 Å². The van der Waals surface area contributed by atoms with Crippen molar-refractivity contribution in [1.29, 1.82) is 0 Å². The van der Waals surface area contributed by atoms with Crippen LogP contribution in [0.15, 0.2) is 53.9 Å². The van der Waals surface area contributed by atoms with Crippen molar-refractivity contribution in [2.45, 2.75) is 0 Å². The number of nitrogens with one attached hydrogen (secondary N) is 1. The molecule has 0 saturated carbocycles. The van der Waals surface area contributed by atoms with Gasteiger partial charge in [-0.25, -0.2) is 5.43 Å². The summed E-state index contributed by atoms with van der Waals surface area (Å²) in [7, 11) is 1.96. The van der Waals surface area contributed by atoms with Gasteiger partial charge in [0.1, 0.15) is 5.52 Å². The van der Waals surface area contributed by atoms with Crippen LogP contribution in [-0.4, -0.2) is 30.9 Å². The van der Waals surface area contributed by atoms with Crippen LogP contribution >= 0.6 is 0 Å². The van der Waals surface area contributed by atoms with Crippen molar-refractivity contribution >= 4 is 34.2 Å². The van der Waals surface area contributed by atoms with Gasteiger partial charge >= 0.3 is 0 Å². The molecule has 0 aliphatic carbocycles. The molecule has 1 aromatic carbocycles. The van der Waals surface area contributed by atoms with Crippen LogP contribution in [-0.2, 0) is 7.05 Å². The second-order valence-electron chi connectivity index (χ2n) is 5.04. The van der Waals surface area contributed by atoms with E-state index >= 15 is 0 Å². The molecule has 0 fully saturated rings. The van der Waals surface area contributed by atoms with E-state index in [9.17, 15) is 0 Å². The smallest absolute Gasteiger partial charge is 0.265 e. The summed E-state index contributed by atoms with van der Waals surface area (Å²) in [6.07, 6.45) is 5.09. The number of hydrogen-bond donors (Lipinski definition) is 1. The molecule has 0 aliphatic heterocycles. The van der Waals surface area contributed by atoms with E-state index in [1.807, 2.05) is 48.0 Å². The number of benzene rings is 1. The van der Waals surface area contributed by atoms with Crippen LogP contribution in [0.4, 0.5) is 5.95 Å². The molecule has 0 aliphatic rings. The first-order valence-electron chi connectivity index (χ1n) is 7.10. The van der Waals surface area contributed by atoms with Crippen LogP contribution in [0.3, 0.4) is 0 Å². The van der Waals surface area contributed by atoms with Crippen molar-refractivity contribution in [2.75, 3.05) is 5.43 Å². The van der Waals surface area contributed by atoms with E-state index in [0.717, 1.165) is 27.6 Å². The number of hydrazone groups is 1. The molecule has 0 amide bonds. The van der Waals surface area contributed by atoms with Gasteiger partial charge in [0.05, 0.1) is 11.7 Å². The fourth-order valence-electron chi connectivity index (χ4n) is 2.47. The first kappa shape index (κ1) is 13.3. The predicted molar refractivity (Wildman–Crippen MR) is 89.3 cm³/mol. The fourth-order valence-corrected chi connectivity index (χ4v) is 2.47. The summed E-state index contributed by atoms with van der Waals surface area (Å²) >= 11 is 0. The van der Waals surface area contributed by atoms with Gasteiger partial charge in [-0.05, 0) is 12.1 Å². The molecule has 0 radical (unpaired) electrons. The Morgan fingerprint density at radius 3 is 2.91 bits per heavy atom. The maximum absolute atomic E-state index is 4.49. The predicted octanol–water partition coefficient (Wildman–Crippen LogP) is 2.36. The van der Waals surface area contributed by atoms with Crippen molar-refractivity contribution in [3.05, 3.63) is 54.4 Å². The van der Waals surface area contributed by atoms with E-state index in [1.54, 1.807) is 18.6 Å². The summed E-state index contributed by atoms with van der Waals surface area (Å²) in [6, 6.07) is 11.8. The third kappa shape index (κ3) is 2.38. The Morgan fingerprint density at radius 2 is 2.04 bits per heavy atom. The molecular weight excluding hydrogens is 290 g/mol.